The first-order chi connectivity index (χ1) is 9.29. The van der Waals surface area contributed by atoms with Crippen molar-refractivity contribution in [3.63, 3.8) is 0 Å². The number of benzene rings is 1. The van der Waals surface area contributed by atoms with Crippen molar-refractivity contribution in [3.8, 4) is 5.75 Å². The first-order valence-corrected chi connectivity index (χ1v) is 6.62. The number of ether oxygens (including phenoxy) is 3. The molecule has 0 N–H and O–H groups in total. The molecule has 0 unspecified atom stereocenters. The highest BCUT2D eigenvalue weighted by Gasteiger charge is 2.15. The molecular formula is C15H20O4. The lowest BCUT2D eigenvalue weighted by Gasteiger charge is -2.21. The zero-order valence-corrected chi connectivity index (χ0v) is 11.3. The molecule has 0 spiro atoms. The van der Waals surface area contributed by atoms with Crippen LogP contribution in [0.4, 0.5) is 0 Å². The summed E-state index contributed by atoms with van der Waals surface area (Å²) >= 11 is 0. The van der Waals surface area contributed by atoms with E-state index in [2.05, 4.69) is 0 Å². The number of rotatable bonds is 6. The number of carbonyl (C=O) groups is 1. The van der Waals surface area contributed by atoms with E-state index in [1.165, 1.54) is 0 Å². The molecule has 0 bridgehead atoms. The lowest BCUT2D eigenvalue weighted by molar-refractivity contribution is 0.0216. The Morgan fingerprint density at radius 3 is 2.89 bits per heavy atom. The van der Waals surface area contributed by atoms with E-state index in [4.69, 9.17) is 14.2 Å². The molecular weight excluding hydrogens is 244 g/mol. The van der Waals surface area contributed by atoms with Crippen LogP contribution in [0, 0.1) is 5.92 Å². The molecule has 4 heteroatoms. The molecule has 0 aromatic heterocycles. The molecule has 1 aromatic rings. The summed E-state index contributed by atoms with van der Waals surface area (Å²) in [5.41, 5.74) is 0.631. The lowest BCUT2D eigenvalue weighted by Crippen LogP contribution is -2.21. The average molecular weight is 264 g/mol. The summed E-state index contributed by atoms with van der Waals surface area (Å²) in [6.45, 7) is 2.37. The molecule has 1 fully saturated rings. The van der Waals surface area contributed by atoms with Crippen molar-refractivity contribution in [2.24, 2.45) is 5.92 Å². The normalized spacial score (nSPS) is 16.3. The second-order valence-corrected chi connectivity index (χ2v) is 4.73. The summed E-state index contributed by atoms with van der Waals surface area (Å²) in [4.78, 5) is 11.9. The van der Waals surface area contributed by atoms with Crippen LogP contribution in [0.5, 0.6) is 5.75 Å². The van der Waals surface area contributed by atoms with E-state index in [0.717, 1.165) is 26.1 Å². The molecule has 0 atom stereocenters. The van der Waals surface area contributed by atoms with Crippen molar-refractivity contribution in [1.82, 2.24) is 0 Å². The van der Waals surface area contributed by atoms with Gasteiger partial charge in [-0.25, -0.2) is 0 Å². The van der Waals surface area contributed by atoms with Gasteiger partial charge in [0.2, 0.25) is 0 Å². The third-order valence-electron chi connectivity index (χ3n) is 3.32. The van der Waals surface area contributed by atoms with Crippen LogP contribution in [0.25, 0.3) is 0 Å². The molecule has 0 saturated carbocycles. The lowest BCUT2D eigenvalue weighted by atomic mass is 10.0. The predicted molar refractivity (Wildman–Crippen MR) is 71.7 cm³/mol. The molecule has 1 saturated heterocycles. The van der Waals surface area contributed by atoms with E-state index in [1.54, 1.807) is 19.2 Å². The van der Waals surface area contributed by atoms with Gasteiger partial charge in [0.25, 0.3) is 0 Å². The monoisotopic (exact) mass is 264 g/mol. The Kier molecular flexibility index (Phi) is 5.36. The summed E-state index contributed by atoms with van der Waals surface area (Å²) in [5.74, 6) is 1.20. The number of hydrogen-bond acceptors (Lipinski definition) is 4. The molecule has 1 aromatic carbocycles. The van der Waals surface area contributed by atoms with E-state index >= 15 is 0 Å². The molecule has 0 aliphatic carbocycles. The topological polar surface area (TPSA) is 44.8 Å². The quantitative estimate of drug-likeness (QED) is 0.740. The minimum absolute atomic E-state index is 0.00837. The number of ketones is 1. The Labute approximate surface area is 113 Å². The Morgan fingerprint density at radius 2 is 2.16 bits per heavy atom. The number of Topliss-reactive ketones (excluding diaryl/α,β-unsaturated/α-hetero) is 1. The van der Waals surface area contributed by atoms with Gasteiger partial charge in [0, 0.05) is 18.8 Å². The van der Waals surface area contributed by atoms with Gasteiger partial charge in [-0.2, -0.15) is 0 Å². The van der Waals surface area contributed by atoms with Crippen LogP contribution in [0.2, 0.25) is 0 Å². The van der Waals surface area contributed by atoms with Crippen LogP contribution in [-0.4, -0.2) is 39.3 Å². The molecule has 1 aliphatic heterocycles. The number of hydrogen-bond donors (Lipinski definition) is 0. The van der Waals surface area contributed by atoms with E-state index in [0.29, 0.717) is 23.8 Å². The van der Waals surface area contributed by atoms with Crippen LogP contribution < -0.4 is 4.74 Å². The van der Waals surface area contributed by atoms with Crippen LogP contribution in [0.1, 0.15) is 23.2 Å². The predicted octanol–water partition coefficient (Wildman–Crippen LogP) is 2.32. The highest BCUT2D eigenvalue weighted by atomic mass is 16.5. The van der Waals surface area contributed by atoms with Gasteiger partial charge in [0.05, 0.1) is 13.7 Å². The summed E-state index contributed by atoms with van der Waals surface area (Å²) in [7, 11) is 1.59. The largest absolute Gasteiger partial charge is 0.497 e. The van der Waals surface area contributed by atoms with E-state index < -0.39 is 0 Å². The van der Waals surface area contributed by atoms with Crippen molar-refractivity contribution in [2.75, 3.05) is 33.5 Å². The van der Waals surface area contributed by atoms with Gasteiger partial charge in [-0.05, 0) is 30.9 Å². The van der Waals surface area contributed by atoms with Crippen molar-refractivity contribution in [2.45, 2.75) is 12.8 Å². The third kappa shape index (κ3) is 4.33. The Balaban J connectivity index is 1.77. The Bertz CT molecular complexity index is 410. The number of methoxy groups -OCH3 is 1. The smallest absolute Gasteiger partial charge is 0.188 e. The molecule has 2 rings (SSSR count). The second kappa shape index (κ2) is 7.26. The molecule has 104 valence electrons. The first-order valence-electron chi connectivity index (χ1n) is 6.62. The molecule has 1 heterocycles. The molecule has 4 nitrogen and oxygen atoms in total. The van der Waals surface area contributed by atoms with Gasteiger partial charge in [-0.3, -0.25) is 4.79 Å². The summed E-state index contributed by atoms with van der Waals surface area (Å²) in [6.07, 6.45) is 2.04. The van der Waals surface area contributed by atoms with Gasteiger partial charge in [-0.15, -0.1) is 0 Å². The Hall–Kier alpha value is -1.39. The molecule has 19 heavy (non-hydrogen) atoms. The van der Waals surface area contributed by atoms with Crippen LogP contribution >= 0.6 is 0 Å². The number of carbonyl (C=O) groups excluding carboxylic acids is 1. The standard InChI is InChI=1S/C15H20O4/c1-17-14-4-2-3-13(9-14)15(16)11-19-10-12-5-7-18-8-6-12/h2-4,9,12H,5-8,10-11H2,1H3. The molecule has 0 radical (unpaired) electrons. The van der Waals surface area contributed by atoms with E-state index in [-0.39, 0.29) is 12.4 Å². The fraction of sp³-hybridized carbons (Fsp3) is 0.533. The SMILES string of the molecule is COc1cccc(C(=O)COCC2CCOCC2)c1. The summed E-state index contributed by atoms with van der Waals surface area (Å²) < 4.78 is 15.9. The highest BCUT2D eigenvalue weighted by molar-refractivity contribution is 5.97. The van der Waals surface area contributed by atoms with Crippen LogP contribution in [0.15, 0.2) is 24.3 Å². The van der Waals surface area contributed by atoms with Crippen molar-refractivity contribution < 1.29 is 19.0 Å². The zero-order valence-electron chi connectivity index (χ0n) is 11.3. The van der Waals surface area contributed by atoms with Gasteiger partial charge in [0.1, 0.15) is 12.4 Å². The maximum atomic E-state index is 11.9. The minimum Gasteiger partial charge on any atom is -0.497 e. The van der Waals surface area contributed by atoms with Crippen LogP contribution in [0.3, 0.4) is 0 Å². The average Bonchev–Trinajstić information content (AvgIpc) is 2.48. The van der Waals surface area contributed by atoms with E-state index in [9.17, 15) is 4.79 Å². The highest BCUT2D eigenvalue weighted by Crippen LogP contribution is 2.16. The fourth-order valence-electron chi connectivity index (χ4n) is 2.11. The minimum atomic E-state index is -0.00837. The van der Waals surface area contributed by atoms with Crippen LogP contribution in [-0.2, 0) is 9.47 Å². The van der Waals surface area contributed by atoms with Gasteiger partial charge < -0.3 is 14.2 Å². The van der Waals surface area contributed by atoms with Crippen molar-refractivity contribution in [3.05, 3.63) is 29.8 Å². The fourth-order valence-corrected chi connectivity index (χ4v) is 2.11. The molecule has 1 aliphatic rings. The molecule has 0 amide bonds. The first kappa shape index (κ1) is 14.0. The third-order valence-corrected chi connectivity index (χ3v) is 3.32. The second-order valence-electron chi connectivity index (χ2n) is 4.73. The zero-order chi connectivity index (χ0) is 13.5. The summed E-state index contributed by atoms with van der Waals surface area (Å²) in [5, 5.41) is 0. The van der Waals surface area contributed by atoms with E-state index in [1.807, 2.05) is 12.1 Å². The maximum absolute atomic E-state index is 11.9. The van der Waals surface area contributed by atoms with Gasteiger partial charge >= 0.3 is 0 Å². The van der Waals surface area contributed by atoms with Gasteiger partial charge in [-0.1, -0.05) is 12.1 Å². The summed E-state index contributed by atoms with van der Waals surface area (Å²) in [6, 6.07) is 7.15. The maximum Gasteiger partial charge on any atom is 0.188 e. The Morgan fingerprint density at radius 1 is 1.37 bits per heavy atom. The van der Waals surface area contributed by atoms with Crippen molar-refractivity contribution >= 4 is 5.78 Å². The van der Waals surface area contributed by atoms with Gasteiger partial charge in [0.15, 0.2) is 5.78 Å². The van der Waals surface area contributed by atoms with Crippen molar-refractivity contribution in [1.29, 1.82) is 0 Å².